The number of pyridine rings is 1. The number of benzene rings is 2. The van der Waals surface area contributed by atoms with Gasteiger partial charge in [0, 0.05) is 28.8 Å². The van der Waals surface area contributed by atoms with E-state index in [0.29, 0.717) is 61.7 Å². The lowest BCUT2D eigenvalue weighted by molar-refractivity contribution is 0.443. The highest BCUT2D eigenvalue weighted by molar-refractivity contribution is 6.36. The van der Waals surface area contributed by atoms with E-state index in [4.69, 9.17) is 23.2 Å². The largest absolute Gasteiger partial charge is 0.383 e. The summed E-state index contributed by atoms with van der Waals surface area (Å²) in [7, 11) is 0. The van der Waals surface area contributed by atoms with E-state index in [-0.39, 0.29) is 5.41 Å². The Kier molecular flexibility index (Phi) is 6.16. The number of aromatic nitrogens is 4. The molecule has 5 rings (SSSR count). The maximum absolute atomic E-state index is 9.77. The number of fused-ring (bicyclic) bond motifs is 1. The van der Waals surface area contributed by atoms with Crippen LogP contribution >= 0.6 is 23.2 Å². The van der Waals surface area contributed by atoms with Crippen LogP contribution in [0.3, 0.4) is 0 Å². The molecule has 0 unspecified atom stereocenters. The lowest BCUT2D eigenvalue weighted by Crippen LogP contribution is -2.20. The monoisotopic (exact) mass is 520 g/mol. The molecule has 0 saturated heterocycles. The summed E-state index contributed by atoms with van der Waals surface area (Å²) in [5.74, 6) is 0. The Morgan fingerprint density at radius 1 is 1.22 bits per heavy atom. The second kappa shape index (κ2) is 9.61. The smallest absolute Gasteiger partial charge is 0.110 e. The minimum Gasteiger partial charge on any atom is -0.383 e. The highest BCUT2D eigenvalue weighted by Crippen LogP contribution is 2.38. The van der Waals surface area contributed by atoms with Crippen molar-refractivity contribution >= 4 is 45.5 Å². The third kappa shape index (κ3) is 5.11. The second-order valence-corrected chi connectivity index (χ2v) is 11.0. The van der Waals surface area contributed by atoms with Crippen LogP contribution in [0.15, 0.2) is 48.8 Å². The van der Waals surface area contributed by atoms with E-state index in [1.54, 1.807) is 24.4 Å². The molecule has 36 heavy (non-hydrogen) atoms. The predicted molar refractivity (Wildman–Crippen MR) is 145 cm³/mol. The molecule has 1 fully saturated rings. The minimum absolute atomic E-state index is 0.0181. The lowest BCUT2D eigenvalue weighted by Gasteiger charge is -2.22. The summed E-state index contributed by atoms with van der Waals surface area (Å²) in [6.45, 7) is 6.98. The van der Waals surface area contributed by atoms with Crippen molar-refractivity contribution in [3.05, 3.63) is 75.7 Å². The summed E-state index contributed by atoms with van der Waals surface area (Å²) < 4.78 is 11.4. The molecule has 0 bridgehead atoms. The molecule has 2 N–H and O–H groups in total. The van der Waals surface area contributed by atoms with E-state index in [1.807, 2.05) is 22.9 Å². The van der Waals surface area contributed by atoms with Gasteiger partial charge < -0.3 is 10.6 Å². The van der Waals surface area contributed by atoms with E-state index in [2.05, 4.69) is 52.8 Å². The van der Waals surface area contributed by atoms with Crippen molar-refractivity contribution < 1.29 is 1.37 Å². The third-order valence-corrected chi connectivity index (χ3v) is 6.56. The van der Waals surface area contributed by atoms with Crippen molar-refractivity contribution in [3.63, 3.8) is 0 Å². The zero-order valence-corrected chi connectivity index (χ0v) is 21.8. The molecule has 4 aromatic rings. The highest BCUT2D eigenvalue weighted by atomic mass is 35.5. The molecule has 1 saturated carbocycles. The average molecular weight is 521 g/mol. The standard InChI is InChI=1S/C27H27Cl2N7/c1-27(2,3)15-32-24-16(12-30)13-31-25-20(24)10-17(11-22(25)29)33-26(19-6-4-5-7-21(19)28)23-14-36(35-34-23)18-8-9-18/h4-7,10-11,13-14,18,26,33H,8-9,15H2,1-3H3,(H,31,32)/t26-/m0/s1/i26D. The summed E-state index contributed by atoms with van der Waals surface area (Å²) in [6, 6.07) is 11.8. The first-order valence-corrected chi connectivity index (χ1v) is 12.6. The van der Waals surface area contributed by atoms with Crippen molar-refractivity contribution in [2.45, 2.75) is 45.7 Å². The first kappa shape index (κ1) is 23.1. The first-order valence-electron chi connectivity index (χ1n) is 12.3. The van der Waals surface area contributed by atoms with Crippen LogP contribution in [0.25, 0.3) is 10.9 Å². The maximum Gasteiger partial charge on any atom is 0.110 e. The molecule has 1 atom stereocenters. The highest BCUT2D eigenvalue weighted by Gasteiger charge is 2.28. The van der Waals surface area contributed by atoms with Gasteiger partial charge in [0.25, 0.3) is 0 Å². The fraction of sp³-hybridized carbons (Fsp3) is 0.333. The van der Waals surface area contributed by atoms with Gasteiger partial charge in [0.1, 0.15) is 11.8 Å². The van der Waals surface area contributed by atoms with Crippen molar-refractivity contribution in [1.82, 2.24) is 20.0 Å². The number of nitrogens with one attached hydrogen (secondary N) is 2. The molecule has 7 nitrogen and oxygen atoms in total. The fourth-order valence-corrected chi connectivity index (χ4v) is 4.45. The van der Waals surface area contributed by atoms with Gasteiger partial charge in [0.05, 0.1) is 41.4 Å². The number of hydrogen-bond acceptors (Lipinski definition) is 6. The third-order valence-electron chi connectivity index (χ3n) is 5.94. The molecular weight excluding hydrogens is 493 g/mol. The zero-order chi connectivity index (χ0) is 26.4. The van der Waals surface area contributed by atoms with Crippen molar-refractivity contribution in [1.29, 1.82) is 5.26 Å². The molecule has 1 aliphatic carbocycles. The first-order chi connectivity index (χ1) is 17.6. The molecule has 0 radical (unpaired) electrons. The molecular formula is C27H27Cl2N7. The molecule has 2 aromatic carbocycles. The van der Waals surface area contributed by atoms with Crippen molar-refractivity contribution in [2.75, 3.05) is 17.2 Å². The molecule has 2 aromatic heterocycles. The molecule has 0 amide bonds. The Bertz CT molecular complexity index is 1520. The number of hydrogen-bond donors (Lipinski definition) is 2. The summed E-state index contributed by atoms with van der Waals surface area (Å²) in [5.41, 5.74) is 3.13. The fourth-order valence-electron chi connectivity index (χ4n) is 3.95. The number of nitrogens with zero attached hydrogens (tertiary/aromatic N) is 5. The van der Waals surface area contributed by atoms with Crippen molar-refractivity contribution in [3.8, 4) is 6.07 Å². The summed E-state index contributed by atoms with van der Waals surface area (Å²) in [6.07, 6.45) is 5.43. The van der Waals surface area contributed by atoms with Crippen molar-refractivity contribution in [2.24, 2.45) is 5.41 Å². The van der Waals surface area contributed by atoms with Gasteiger partial charge in [-0.05, 0) is 42.0 Å². The van der Waals surface area contributed by atoms with Gasteiger partial charge in [-0.1, -0.05) is 67.4 Å². The normalized spacial score (nSPS) is 15.7. The maximum atomic E-state index is 9.77. The molecule has 1 aliphatic rings. The predicted octanol–water partition coefficient (Wildman–Crippen LogP) is 7.00. The van der Waals surface area contributed by atoms with E-state index < -0.39 is 6.02 Å². The number of halogens is 2. The van der Waals surface area contributed by atoms with Crippen LogP contribution in [0.1, 0.15) is 63.9 Å². The summed E-state index contributed by atoms with van der Waals surface area (Å²) >= 11 is 13.3. The quantitative estimate of drug-likeness (QED) is 0.272. The van der Waals surface area contributed by atoms with Crippen LogP contribution in [-0.2, 0) is 0 Å². The lowest BCUT2D eigenvalue weighted by atomic mass is 9.96. The average Bonchev–Trinajstić information content (AvgIpc) is 3.57. The second-order valence-electron chi connectivity index (χ2n) is 10.2. The Labute approximate surface area is 221 Å². The SMILES string of the molecule is [2H][C@@](Nc1cc(Cl)c2ncc(C#N)c(NCC(C)(C)C)c2c1)(c1cn(C2CC2)nn1)c1ccccc1Cl. The Hall–Kier alpha value is -3.34. The van der Waals surface area contributed by atoms with Gasteiger partial charge in [-0.25, -0.2) is 4.68 Å². The van der Waals surface area contributed by atoms with Crippen LogP contribution < -0.4 is 10.6 Å². The van der Waals surface area contributed by atoms with E-state index in [9.17, 15) is 6.63 Å². The van der Waals surface area contributed by atoms with Gasteiger partial charge in [-0.3, -0.25) is 4.98 Å². The van der Waals surface area contributed by atoms with E-state index in [1.165, 1.54) is 6.20 Å². The van der Waals surface area contributed by atoms with Gasteiger partial charge in [0.2, 0.25) is 0 Å². The number of anilines is 2. The molecule has 0 spiro atoms. The van der Waals surface area contributed by atoms with E-state index >= 15 is 0 Å². The molecule has 2 heterocycles. The number of rotatable bonds is 7. The van der Waals surface area contributed by atoms with Crippen LogP contribution in [0, 0.1) is 16.7 Å². The molecule has 0 aliphatic heterocycles. The zero-order valence-electron chi connectivity index (χ0n) is 21.3. The Morgan fingerprint density at radius 3 is 2.69 bits per heavy atom. The van der Waals surface area contributed by atoms with Crippen LogP contribution in [0.4, 0.5) is 11.4 Å². The topological polar surface area (TPSA) is 91.5 Å². The Morgan fingerprint density at radius 2 is 2.00 bits per heavy atom. The minimum atomic E-state index is -1.55. The van der Waals surface area contributed by atoms with Gasteiger partial charge >= 0.3 is 0 Å². The van der Waals surface area contributed by atoms with Crippen LogP contribution in [0.2, 0.25) is 10.0 Å². The molecule has 9 heteroatoms. The summed E-state index contributed by atoms with van der Waals surface area (Å²) in [4.78, 5) is 4.44. The number of nitriles is 1. The summed E-state index contributed by atoms with van der Waals surface area (Å²) in [5, 5.41) is 26.6. The van der Waals surface area contributed by atoms with E-state index in [0.717, 1.165) is 12.8 Å². The van der Waals surface area contributed by atoms with Crippen LogP contribution in [-0.4, -0.2) is 26.5 Å². The van der Waals surface area contributed by atoms with Gasteiger partial charge in [-0.15, -0.1) is 5.10 Å². The van der Waals surface area contributed by atoms with Crippen LogP contribution in [0.5, 0.6) is 0 Å². The Balaban J connectivity index is 1.64. The molecule has 184 valence electrons. The van der Waals surface area contributed by atoms with Gasteiger partial charge in [0.15, 0.2) is 0 Å². The van der Waals surface area contributed by atoms with Gasteiger partial charge in [-0.2, -0.15) is 5.26 Å².